The molecule has 0 N–H and O–H groups in total. The third-order valence-electron chi connectivity index (χ3n) is 4.19. The van der Waals surface area contributed by atoms with Gasteiger partial charge in [-0.25, -0.2) is 4.98 Å². The van der Waals surface area contributed by atoms with Gasteiger partial charge in [-0.2, -0.15) is 0 Å². The fourth-order valence-corrected chi connectivity index (χ4v) is 3.69. The average Bonchev–Trinajstić information content (AvgIpc) is 3.41. The van der Waals surface area contributed by atoms with E-state index < -0.39 is 5.41 Å². The van der Waals surface area contributed by atoms with Gasteiger partial charge >= 0.3 is 0 Å². The topological polar surface area (TPSA) is 57.7 Å². The van der Waals surface area contributed by atoms with E-state index in [9.17, 15) is 4.79 Å². The Bertz CT molecular complexity index is 806. The second-order valence-corrected chi connectivity index (χ2v) is 7.56. The summed E-state index contributed by atoms with van der Waals surface area (Å²) in [6.45, 7) is 0.0742. The lowest BCUT2D eigenvalue weighted by Gasteiger charge is -2.18. The highest BCUT2D eigenvalue weighted by Gasteiger charge is 2.54. The molecule has 2 aromatic rings. The first-order chi connectivity index (χ1) is 12.0. The molecule has 1 aliphatic rings. The Hall–Kier alpha value is -1.44. The van der Waals surface area contributed by atoms with E-state index in [1.165, 1.54) is 0 Å². The van der Waals surface area contributed by atoms with Crippen LogP contribution >= 0.6 is 31.9 Å². The Morgan fingerprint density at radius 2 is 1.96 bits per heavy atom. The third-order valence-corrected chi connectivity index (χ3v) is 5.32. The zero-order valence-electron chi connectivity index (χ0n) is 13.8. The van der Waals surface area contributed by atoms with E-state index in [0.717, 1.165) is 21.8 Å². The number of rotatable bonds is 7. The molecule has 0 bridgehead atoms. The Morgan fingerprint density at radius 1 is 1.20 bits per heavy atom. The van der Waals surface area contributed by atoms with Crippen LogP contribution in [-0.4, -0.2) is 31.8 Å². The predicted octanol–water partition coefficient (Wildman–Crippen LogP) is 4.51. The molecule has 0 unspecified atom stereocenters. The fraction of sp³-hybridized carbons (Fsp3) is 0.333. The number of aromatic nitrogens is 1. The van der Waals surface area contributed by atoms with Gasteiger partial charge in [-0.3, -0.25) is 4.79 Å². The molecule has 3 rings (SSSR count). The monoisotopic (exact) mass is 469 g/mol. The first-order valence-corrected chi connectivity index (χ1v) is 9.27. The largest absolute Gasteiger partial charge is 0.481 e. The van der Waals surface area contributed by atoms with Crippen molar-refractivity contribution in [2.75, 3.05) is 21.0 Å². The summed E-state index contributed by atoms with van der Waals surface area (Å²) < 4.78 is 17.4. The van der Waals surface area contributed by atoms with Crippen LogP contribution in [0.2, 0.25) is 0 Å². The number of halogens is 2. The molecule has 0 saturated heterocycles. The Balaban J connectivity index is 2.01. The molecule has 1 fully saturated rings. The summed E-state index contributed by atoms with van der Waals surface area (Å²) in [5, 5.41) is 0. The van der Waals surface area contributed by atoms with Crippen LogP contribution < -0.4 is 9.47 Å². The maximum absolute atomic E-state index is 13.3. The van der Waals surface area contributed by atoms with Crippen molar-refractivity contribution in [1.29, 1.82) is 0 Å². The summed E-state index contributed by atoms with van der Waals surface area (Å²) in [6, 6.07) is 9.00. The van der Waals surface area contributed by atoms with Crippen molar-refractivity contribution in [2.24, 2.45) is 0 Å². The number of ketones is 1. The number of carbonyl (C=O) groups is 1. The highest BCUT2D eigenvalue weighted by atomic mass is 79.9. The zero-order chi connectivity index (χ0) is 18.0. The molecule has 0 spiro atoms. The second-order valence-electron chi connectivity index (χ2n) is 5.79. The molecule has 0 aliphatic heterocycles. The summed E-state index contributed by atoms with van der Waals surface area (Å²) >= 11 is 6.93. The van der Waals surface area contributed by atoms with Crippen molar-refractivity contribution < 1.29 is 19.0 Å². The zero-order valence-corrected chi connectivity index (χ0v) is 17.0. The maximum Gasteiger partial charge on any atom is 0.213 e. The van der Waals surface area contributed by atoms with Gasteiger partial charge < -0.3 is 14.2 Å². The molecule has 132 valence electrons. The standard InChI is InChI=1S/C18H17Br2NO4/c1-23-10-25-14-9-11(19)3-4-12(14)17(22)18(7-8-18)16-13(20)5-6-15(21-16)24-2/h3-6,9H,7-8,10H2,1-2H3. The number of methoxy groups -OCH3 is 2. The average molecular weight is 471 g/mol. The van der Waals surface area contributed by atoms with Gasteiger partial charge in [0.2, 0.25) is 5.88 Å². The lowest BCUT2D eigenvalue weighted by atomic mass is 9.90. The van der Waals surface area contributed by atoms with Gasteiger partial charge in [0.05, 0.1) is 23.8 Å². The van der Waals surface area contributed by atoms with Gasteiger partial charge in [0.15, 0.2) is 12.6 Å². The molecule has 25 heavy (non-hydrogen) atoms. The number of nitrogens with zero attached hydrogens (tertiary/aromatic N) is 1. The molecule has 0 radical (unpaired) electrons. The fourth-order valence-electron chi connectivity index (χ4n) is 2.75. The first kappa shape index (κ1) is 18.4. The molecule has 5 nitrogen and oxygen atoms in total. The van der Waals surface area contributed by atoms with Gasteiger partial charge in [0.25, 0.3) is 0 Å². The molecule has 1 saturated carbocycles. The number of carbonyl (C=O) groups excluding carboxylic acids is 1. The minimum atomic E-state index is -0.646. The van der Waals surface area contributed by atoms with Crippen molar-refractivity contribution in [1.82, 2.24) is 4.98 Å². The minimum Gasteiger partial charge on any atom is -0.481 e. The molecule has 1 aromatic heterocycles. The van der Waals surface area contributed by atoms with E-state index in [0.29, 0.717) is 22.9 Å². The van der Waals surface area contributed by atoms with E-state index in [4.69, 9.17) is 14.2 Å². The predicted molar refractivity (Wildman–Crippen MR) is 100 cm³/mol. The lowest BCUT2D eigenvalue weighted by Crippen LogP contribution is -2.23. The smallest absolute Gasteiger partial charge is 0.213 e. The number of hydrogen-bond donors (Lipinski definition) is 0. The van der Waals surface area contributed by atoms with Crippen LogP contribution in [0.3, 0.4) is 0 Å². The minimum absolute atomic E-state index is 0.00689. The van der Waals surface area contributed by atoms with Crippen molar-refractivity contribution in [3.63, 3.8) is 0 Å². The summed E-state index contributed by atoms with van der Waals surface area (Å²) in [6.07, 6.45) is 1.48. The number of pyridine rings is 1. The van der Waals surface area contributed by atoms with Crippen molar-refractivity contribution in [3.8, 4) is 11.6 Å². The maximum atomic E-state index is 13.3. The Kier molecular flexibility index (Phi) is 5.46. The summed E-state index contributed by atoms with van der Waals surface area (Å²) in [5.41, 5.74) is 0.582. The van der Waals surface area contributed by atoms with E-state index in [2.05, 4.69) is 36.8 Å². The Morgan fingerprint density at radius 3 is 2.60 bits per heavy atom. The summed E-state index contributed by atoms with van der Waals surface area (Å²) in [7, 11) is 3.10. The van der Waals surface area contributed by atoms with Gasteiger partial charge in [-0.1, -0.05) is 15.9 Å². The van der Waals surface area contributed by atoms with Gasteiger partial charge in [-0.15, -0.1) is 0 Å². The van der Waals surface area contributed by atoms with Gasteiger partial charge in [0.1, 0.15) is 5.75 Å². The highest BCUT2D eigenvalue weighted by molar-refractivity contribution is 9.10. The van der Waals surface area contributed by atoms with Crippen LogP contribution in [0, 0.1) is 0 Å². The highest BCUT2D eigenvalue weighted by Crippen LogP contribution is 2.53. The SMILES string of the molecule is COCOc1cc(Br)ccc1C(=O)C1(c2nc(OC)ccc2Br)CC1. The molecular weight excluding hydrogens is 454 g/mol. The van der Waals surface area contributed by atoms with E-state index in [1.807, 2.05) is 12.1 Å². The number of ether oxygens (including phenoxy) is 3. The normalized spacial score (nSPS) is 14.9. The third kappa shape index (κ3) is 3.59. The van der Waals surface area contributed by atoms with E-state index in [-0.39, 0.29) is 12.6 Å². The van der Waals surface area contributed by atoms with Crippen molar-refractivity contribution in [2.45, 2.75) is 18.3 Å². The molecule has 1 aromatic carbocycles. The van der Waals surface area contributed by atoms with E-state index >= 15 is 0 Å². The molecule has 0 atom stereocenters. The molecule has 7 heteroatoms. The van der Waals surface area contributed by atoms with Crippen molar-refractivity contribution >= 4 is 37.6 Å². The quantitative estimate of drug-likeness (QED) is 0.440. The number of Topliss-reactive ketones (excluding diaryl/α,β-unsaturated/α-hetero) is 1. The molecule has 0 amide bonds. The van der Waals surface area contributed by atoms with E-state index in [1.54, 1.807) is 32.4 Å². The molecule has 1 aliphatic carbocycles. The molecule has 1 heterocycles. The van der Waals surface area contributed by atoms with Crippen LogP contribution in [0.25, 0.3) is 0 Å². The van der Waals surface area contributed by atoms with Crippen LogP contribution in [0.15, 0.2) is 39.3 Å². The number of hydrogen-bond acceptors (Lipinski definition) is 5. The van der Waals surface area contributed by atoms with Crippen LogP contribution in [0.4, 0.5) is 0 Å². The first-order valence-electron chi connectivity index (χ1n) is 7.69. The summed E-state index contributed by atoms with van der Waals surface area (Å²) in [5.74, 6) is 0.975. The van der Waals surface area contributed by atoms with Crippen molar-refractivity contribution in [3.05, 3.63) is 50.5 Å². The second kappa shape index (κ2) is 7.43. The van der Waals surface area contributed by atoms with Crippen LogP contribution in [0.5, 0.6) is 11.6 Å². The van der Waals surface area contributed by atoms with Gasteiger partial charge in [-0.05, 0) is 53.0 Å². The van der Waals surface area contributed by atoms with Gasteiger partial charge in [0, 0.05) is 22.1 Å². The lowest BCUT2D eigenvalue weighted by molar-refractivity contribution is 0.0500. The summed E-state index contributed by atoms with van der Waals surface area (Å²) in [4.78, 5) is 17.9. The molecular formula is C18H17Br2NO4. The van der Waals surface area contributed by atoms with Crippen LogP contribution in [-0.2, 0) is 10.2 Å². The Labute approximate surface area is 162 Å². The number of benzene rings is 1. The van der Waals surface area contributed by atoms with Crippen LogP contribution in [0.1, 0.15) is 28.9 Å².